The van der Waals surface area contributed by atoms with Crippen LogP contribution in [0.5, 0.6) is 0 Å². The van der Waals surface area contributed by atoms with Crippen LogP contribution in [-0.2, 0) is 16.0 Å². The van der Waals surface area contributed by atoms with Crippen molar-refractivity contribution in [1.82, 2.24) is 9.80 Å². The minimum Gasteiger partial charge on any atom is -0.388 e. The van der Waals surface area contributed by atoms with Gasteiger partial charge in [-0.05, 0) is 37.0 Å². The third-order valence-electron chi connectivity index (χ3n) is 6.51. The van der Waals surface area contributed by atoms with E-state index in [1.165, 1.54) is 6.07 Å². The third-order valence-corrected chi connectivity index (χ3v) is 6.51. The van der Waals surface area contributed by atoms with Gasteiger partial charge in [-0.3, -0.25) is 9.59 Å². The Labute approximate surface area is 188 Å². The summed E-state index contributed by atoms with van der Waals surface area (Å²) in [5.74, 6) is -0.351. The maximum atomic E-state index is 14.0. The summed E-state index contributed by atoms with van der Waals surface area (Å²) in [5, 5.41) is 11.1. The summed E-state index contributed by atoms with van der Waals surface area (Å²) in [5.41, 5.74) is 0.579. The van der Waals surface area contributed by atoms with Crippen LogP contribution in [0.2, 0.25) is 0 Å². The number of rotatable bonds is 6. The molecule has 0 aliphatic carbocycles. The largest absolute Gasteiger partial charge is 0.388 e. The smallest absolute Gasteiger partial charge is 0.242 e. The van der Waals surface area contributed by atoms with Gasteiger partial charge in [-0.25, -0.2) is 4.39 Å². The van der Waals surface area contributed by atoms with Crippen LogP contribution in [0.4, 0.5) is 10.1 Å². The molecule has 6 nitrogen and oxygen atoms in total. The number of nitrogens with zero attached hydrogens (tertiary/aromatic N) is 3. The second kappa shape index (κ2) is 9.69. The number of hydrogen-bond acceptors (Lipinski definition) is 4. The van der Waals surface area contributed by atoms with Gasteiger partial charge in [-0.1, -0.05) is 42.5 Å². The number of carbonyl (C=O) groups is 2. The molecule has 2 aliphatic heterocycles. The van der Waals surface area contributed by atoms with Crippen LogP contribution in [0.1, 0.15) is 24.8 Å². The number of benzene rings is 2. The molecule has 2 aromatic carbocycles. The van der Waals surface area contributed by atoms with Gasteiger partial charge in [0.25, 0.3) is 0 Å². The first kappa shape index (κ1) is 22.3. The van der Waals surface area contributed by atoms with E-state index in [0.29, 0.717) is 57.5 Å². The number of amides is 2. The van der Waals surface area contributed by atoms with Crippen LogP contribution in [0.15, 0.2) is 54.6 Å². The van der Waals surface area contributed by atoms with E-state index in [9.17, 15) is 19.1 Å². The van der Waals surface area contributed by atoms with E-state index in [4.69, 9.17) is 0 Å². The minimum atomic E-state index is -0.994. The molecule has 2 saturated heterocycles. The number of halogens is 1. The molecule has 1 N–H and O–H groups in total. The molecule has 2 aromatic rings. The lowest BCUT2D eigenvalue weighted by Crippen LogP contribution is -2.58. The average molecular weight is 440 g/mol. The highest BCUT2D eigenvalue weighted by Gasteiger charge is 2.38. The van der Waals surface area contributed by atoms with E-state index < -0.39 is 5.60 Å². The Balaban J connectivity index is 1.25. The van der Waals surface area contributed by atoms with Gasteiger partial charge in [0.2, 0.25) is 11.8 Å². The van der Waals surface area contributed by atoms with Crippen LogP contribution in [0.3, 0.4) is 0 Å². The molecule has 2 heterocycles. The van der Waals surface area contributed by atoms with Gasteiger partial charge in [-0.2, -0.15) is 0 Å². The van der Waals surface area contributed by atoms with Crippen LogP contribution in [-0.4, -0.2) is 71.6 Å². The van der Waals surface area contributed by atoms with Crippen LogP contribution in [0.25, 0.3) is 0 Å². The van der Waals surface area contributed by atoms with Gasteiger partial charge in [0, 0.05) is 39.1 Å². The fourth-order valence-corrected chi connectivity index (χ4v) is 4.53. The molecule has 0 atom stereocenters. The molecule has 0 saturated carbocycles. The van der Waals surface area contributed by atoms with Gasteiger partial charge in [0.05, 0.1) is 17.8 Å². The Morgan fingerprint density at radius 3 is 2.34 bits per heavy atom. The number of anilines is 1. The van der Waals surface area contributed by atoms with Crippen LogP contribution < -0.4 is 4.90 Å². The Morgan fingerprint density at radius 2 is 1.66 bits per heavy atom. The predicted molar refractivity (Wildman–Crippen MR) is 121 cm³/mol. The second-order valence-electron chi connectivity index (χ2n) is 8.78. The Bertz CT molecular complexity index is 944. The zero-order valence-electron chi connectivity index (χ0n) is 18.3. The van der Waals surface area contributed by atoms with Crippen molar-refractivity contribution in [3.05, 3.63) is 66.0 Å². The predicted octanol–water partition coefficient (Wildman–Crippen LogP) is 2.46. The molecule has 0 aromatic heterocycles. The normalized spacial score (nSPS) is 18.7. The van der Waals surface area contributed by atoms with E-state index in [-0.39, 0.29) is 30.7 Å². The van der Waals surface area contributed by atoms with E-state index in [1.807, 2.05) is 35.2 Å². The molecule has 0 spiro atoms. The topological polar surface area (TPSA) is 64.1 Å². The third kappa shape index (κ3) is 5.27. The molecule has 170 valence electrons. The standard InChI is InChI=1S/C25H30FN3O3/c26-21-8-4-5-9-22(21)28-16-17-29(24(31)18-28)19-25(32)12-14-27(15-13-25)23(30)11-10-20-6-2-1-3-7-20/h1-9,32H,10-19H2. The number of β-amino-alcohol motifs (C(OH)–C–C–N with tert-alkyl or cyclic N) is 1. The number of likely N-dealkylation sites (tertiary alicyclic amines) is 1. The minimum absolute atomic E-state index is 0.0983. The van der Waals surface area contributed by atoms with Gasteiger partial charge in [0.1, 0.15) is 5.82 Å². The molecule has 2 aliphatic rings. The molecule has 0 radical (unpaired) electrons. The van der Waals surface area contributed by atoms with Gasteiger partial charge < -0.3 is 19.8 Å². The van der Waals surface area contributed by atoms with Crippen LogP contribution >= 0.6 is 0 Å². The van der Waals surface area contributed by atoms with Crippen molar-refractivity contribution in [2.75, 3.05) is 44.2 Å². The summed E-state index contributed by atoms with van der Waals surface area (Å²) in [6, 6.07) is 16.4. The van der Waals surface area contributed by atoms with Crippen molar-refractivity contribution in [1.29, 1.82) is 0 Å². The Morgan fingerprint density at radius 1 is 0.969 bits per heavy atom. The van der Waals surface area contributed by atoms with E-state index in [1.54, 1.807) is 28.0 Å². The zero-order chi connectivity index (χ0) is 22.6. The molecular formula is C25H30FN3O3. The maximum absolute atomic E-state index is 14.0. The van der Waals surface area contributed by atoms with Gasteiger partial charge in [0.15, 0.2) is 0 Å². The number of para-hydroxylation sites is 1. The molecule has 0 bridgehead atoms. The van der Waals surface area contributed by atoms with Crippen molar-refractivity contribution >= 4 is 17.5 Å². The zero-order valence-corrected chi connectivity index (χ0v) is 18.3. The van der Waals surface area contributed by atoms with E-state index in [0.717, 1.165) is 5.56 Å². The molecule has 4 rings (SSSR count). The summed E-state index contributed by atoms with van der Waals surface area (Å²) >= 11 is 0. The molecule has 32 heavy (non-hydrogen) atoms. The number of piperazine rings is 1. The van der Waals surface area contributed by atoms with E-state index >= 15 is 0 Å². The van der Waals surface area contributed by atoms with Gasteiger partial charge >= 0.3 is 0 Å². The fraction of sp³-hybridized carbons (Fsp3) is 0.440. The summed E-state index contributed by atoms with van der Waals surface area (Å²) in [4.78, 5) is 30.5. The number of aryl methyl sites for hydroxylation is 1. The first-order valence-electron chi connectivity index (χ1n) is 11.2. The lowest BCUT2D eigenvalue weighted by molar-refractivity contribution is -0.141. The highest BCUT2D eigenvalue weighted by Crippen LogP contribution is 2.26. The summed E-state index contributed by atoms with van der Waals surface area (Å²) in [6.07, 6.45) is 2.07. The molecule has 2 fully saturated rings. The molecule has 2 amide bonds. The monoisotopic (exact) mass is 439 g/mol. The fourth-order valence-electron chi connectivity index (χ4n) is 4.53. The van der Waals surface area contributed by atoms with Crippen LogP contribution in [0, 0.1) is 5.82 Å². The average Bonchev–Trinajstić information content (AvgIpc) is 2.80. The highest BCUT2D eigenvalue weighted by molar-refractivity contribution is 5.83. The summed E-state index contributed by atoms with van der Waals surface area (Å²) in [7, 11) is 0. The molecular weight excluding hydrogens is 409 g/mol. The van der Waals surface area contributed by atoms with Crippen molar-refractivity contribution in [3.8, 4) is 0 Å². The molecule has 0 unspecified atom stereocenters. The summed E-state index contributed by atoms with van der Waals surface area (Å²) in [6.45, 7) is 2.30. The Kier molecular flexibility index (Phi) is 6.74. The van der Waals surface area contributed by atoms with Crippen molar-refractivity contribution in [2.24, 2.45) is 0 Å². The van der Waals surface area contributed by atoms with Crippen molar-refractivity contribution in [3.63, 3.8) is 0 Å². The lowest BCUT2D eigenvalue weighted by Gasteiger charge is -2.43. The number of hydrogen-bond donors (Lipinski definition) is 1. The highest BCUT2D eigenvalue weighted by atomic mass is 19.1. The molecule has 7 heteroatoms. The quantitative estimate of drug-likeness (QED) is 0.751. The van der Waals surface area contributed by atoms with Crippen molar-refractivity contribution in [2.45, 2.75) is 31.3 Å². The SMILES string of the molecule is O=C(CCc1ccccc1)N1CCC(O)(CN2CCN(c3ccccc3F)CC2=O)CC1. The first-order chi connectivity index (χ1) is 15.4. The lowest BCUT2D eigenvalue weighted by atomic mass is 9.90. The Hall–Kier alpha value is -2.93. The second-order valence-corrected chi connectivity index (χ2v) is 8.78. The van der Waals surface area contributed by atoms with E-state index in [2.05, 4.69) is 0 Å². The number of aliphatic hydroxyl groups is 1. The maximum Gasteiger partial charge on any atom is 0.242 e. The number of piperidine rings is 1. The van der Waals surface area contributed by atoms with Gasteiger partial charge in [-0.15, -0.1) is 0 Å². The summed E-state index contributed by atoms with van der Waals surface area (Å²) < 4.78 is 14.0. The first-order valence-corrected chi connectivity index (χ1v) is 11.2. The number of carbonyl (C=O) groups excluding carboxylic acids is 2. The van der Waals surface area contributed by atoms with Crippen molar-refractivity contribution < 1.29 is 19.1 Å².